The minimum atomic E-state index is -4.40. The Kier molecular flexibility index (Phi) is 9.24. The van der Waals surface area contributed by atoms with E-state index >= 15 is 0 Å². The summed E-state index contributed by atoms with van der Waals surface area (Å²) >= 11 is 0. The number of hydrogen-bond donors (Lipinski definition) is 2. The predicted molar refractivity (Wildman–Crippen MR) is 108 cm³/mol. The van der Waals surface area contributed by atoms with Crippen LogP contribution in [0.1, 0.15) is 55.4 Å². The van der Waals surface area contributed by atoms with Crippen molar-refractivity contribution >= 4 is 19.8 Å². The highest BCUT2D eigenvalue weighted by Crippen LogP contribution is 2.50. The van der Waals surface area contributed by atoms with Gasteiger partial charge in [-0.2, -0.15) is 0 Å². The number of phosphoric acid groups is 1. The van der Waals surface area contributed by atoms with E-state index in [9.17, 15) is 24.4 Å². The number of ether oxygens (including phenoxy) is 3. The Balaban J connectivity index is 2.76. The van der Waals surface area contributed by atoms with Gasteiger partial charge in [-0.15, -0.1) is 0 Å². The molecule has 0 aromatic carbocycles. The maximum Gasteiger partial charge on any atom is 0.480 e. The first-order valence-corrected chi connectivity index (χ1v) is 11.3. The molecule has 1 heterocycles. The monoisotopic (exact) mass is 470 g/mol. The minimum Gasteiger partial charge on any atom is -0.437 e. The average Bonchev–Trinajstić information content (AvgIpc) is 2.81. The van der Waals surface area contributed by atoms with Gasteiger partial charge >= 0.3 is 19.8 Å². The molecule has 182 valence electrons. The van der Waals surface area contributed by atoms with Gasteiger partial charge in [0.05, 0.1) is 23.5 Å². The van der Waals surface area contributed by atoms with E-state index in [2.05, 4.69) is 0 Å². The van der Waals surface area contributed by atoms with E-state index in [4.69, 9.17) is 27.8 Å². The molecule has 12 heteroatoms. The zero-order valence-electron chi connectivity index (χ0n) is 19.4. The van der Waals surface area contributed by atoms with E-state index in [-0.39, 0.29) is 0 Å². The minimum absolute atomic E-state index is 0.473. The summed E-state index contributed by atoms with van der Waals surface area (Å²) in [6, 6.07) is 0. The van der Waals surface area contributed by atoms with E-state index in [1.54, 1.807) is 48.5 Å². The molecule has 0 amide bonds. The van der Waals surface area contributed by atoms with Gasteiger partial charge in [-0.1, -0.05) is 0 Å². The van der Waals surface area contributed by atoms with Crippen LogP contribution < -0.4 is 0 Å². The summed E-state index contributed by atoms with van der Waals surface area (Å²) in [5, 5.41) is 20.4. The SMILES string of the molecule is CC1O[C@H](COP(=O)(OCOC(=O)C(C)(C)C)OCOC(=O)C(C)(C)C)[C@@H](O)[C@@]1(C)O. The molecule has 1 fully saturated rings. The van der Waals surface area contributed by atoms with Crippen molar-refractivity contribution in [1.82, 2.24) is 0 Å². The second-order valence-electron chi connectivity index (χ2n) is 9.59. The van der Waals surface area contributed by atoms with Crippen molar-refractivity contribution in [2.75, 3.05) is 20.2 Å². The molecule has 0 saturated carbocycles. The van der Waals surface area contributed by atoms with E-state index in [1.165, 1.54) is 6.92 Å². The van der Waals surface area contributed by atoms with Crippen LogP contribution in [-0.2, 0) is 41.9 Å². The molecule has 0 aromatic heterocycles. The lowest BCUT2D eigenvalue weighted by Gasteiger charge is -2.25. The van der Waals surface area contributed by atoms with E-state index < -0.39 is 74.7 Å². The molecule has 2 N–H and O–H groups in total. The molecule has 1 aliphatic heterocycles. The number of rotatable bonds is 9. The lowest BCUT2D eigenvalue weighted by molar-refractivity contribution is -0.163. The molecule has 1 saturated heterocycles. The van der Waals surface area contributed by atoms with Crippen molar-refractivity contribution in [1.29, 1.82) is 0 Å². The van der Waals surface area contributed by atoms with Crippen LogP contribution in [0.3, 0.4) is 0 Å². The summed E-state index contributed by atoms with van der Waals surface area (Å²) in [4.78, 5) is 23.7. The molecule has 4 atom stereocenters. The zero-order valence-corrected chi connectivity index (χ0v) is 20.3. The zero-order chi connectivity index (χ0) is 24.3. The lowest BCUT2D eigenvalue weighted by atomic mass is 9.94. The highest BCUT2D eigenvalue weighted by molar-refractivity contribution is 7.48. The van der Waals surface area contributed by atoms with Gasteiger partial charge in [-0.25, -0.2) is 13.6 Å². The number of phosphoric ester groups is 1. The van der Waals surface area contributed by atoms with Crippen molar-refractivity contribution in [2.45, 2.75) is 79.3 Å². The van der Waals surface area contributed by atoms with Crippen LogP contribution in [0.4, 0.5) is 0 Å². The van der Waals surface area contributed by atoms with Crippen molar-refractivity contribution < 1.29 is 52.1 Å². The molecule has 1 aliphatic rings. The Hall–Kier alpha value is -1.07. The largest absolute Gasteiger partial charge is 0.480 e. The fourth-order valence-electron chi connectivity index (χ4n) is 2.22. The topological polar surface area (TPSA) is 147 Å². The fraction of sp³-hybridized carbons (Fsp3) is 0.895. The van der Waals surface area contributed by atoms with Crippen LogP contribution in [0.5, 0.6) is 0 Å². The highest BCUT2D eigenvalue weighted by Gasteiger charge is 2.50. The van der Waals surface area contributed by atoms with Gasteiger partial charge in [-0.3, -0.25) is 14.1 Å². The predicted octanol–water partition coefficient (Wildman–Crippen LogP) is 2.14. The van der Waals surface area contributed by atoms with Gasteiger partial charge < -0.3 is 24.4 Å². The molecule has 0 bridgehead atoms. The highest BCUT2D eigenvalue weighted by atomic mass is 31.2. The number of aliphatic hydroxyl groups excluding tert-OH is 1. The van der Waals surface area contributed by atoms with Crippen molar-refractivity contribution in [3.63, 3.8) is 0 Å². The van der Waals surface area contributed by atoms with Crippen LogP contribution in [0.2, 0.25) is 0 Å². The first-order valence-electron chi connectivity index (χ1n) is 9.84. The van der Waals surface area contributed by atoms with Crippen LogP contribution in [0.15, 0.2) is 0 Å². The summed E-state index contributed by atoms with van der Waals surface area (Å²) in [7, 11) is -4.40. The molecule has 1 rings (SSSR count). The summed E-state index contributed by atoms with van der Waals surface area (Å²) in [6.45, 7) is 10.7. The number of aliphatic hydroxyl groups is 2. The molecule has 0 aliphatic carbocycles. The normalized spacial score (nSPS) is 27.2. The standard InChI is InChI=1S/C19H35O11P/c1-12-19(8,23)14(20)13(30-12)9-27-31(24,28-10-25-15(21)17(2,3)4)29-11-26-16(22)18(5,6)7/h12-14,20,23H,9-11H2,1-8H3/t12?,13-,14-,19+/m1/s1. The fourth-order valence-corrected chi connectivity index (χ4v) is 3.14. The lowest BCUT2D eigenvalue weighted by Crippen LogP contribution is -2.45. The summed E-state index contributed by atoms with van der Waals surface area (Å²) in [5.74, 6) is -1.23. The second kappa shape index (κ2) is 10.2. The van der Waals surface area contributed by atoms with E-state index in [1.807, 2.05) is 0 Å². The van der Waals surface area contributed by atoms with Gasteiger partial charge in [-0.05, 0) is 55.4 Å². The Labute approximate surface area is 182 Å². The average molecular weight is 470 g/mol. The van der Waals surface area contributed by atoms with Crippen LogP contribution in [-0.4, -0.2) is 66.3 Å². The molecule has 11 nitrogen and oxygen atoms in total. The maximum absolute atomic E-state index is 12.9. The van der Waals surface area contributed by atoms with E-state index in [0.717, 1.165) is 0 Å². The molecule has 0 aromatic rings. The number of carbonyl (C=O) groups is 2. The second-order valence-corrected chi connectivity index (χ2v) is 11.3. The number of carbonyl (C=O) groups excluding carboxylic acids is 2. The third-order valence-corrected chi connectivity index (χ3v) is 5.88. The maximum atomic E-state index is 12.9. The van der Waals surface area contributed by atoms with Crippen molar-refractivity contribution in [3.8, 4) is 0 Å². The van der Waals surface area contributed by atoms with Gasteiger partial charge in [0.15, 0.2) is 0 Å². The Morgan fingerprint density at radius 1 is 0.968 bits per heavy atom. The Morgan fingerprint density at radius 2 is 1.39 bits per heavy atom. The van der Waals surface area contributed by atoms with Gasteiger partial charge in [0.1, 0.15) is 17.8 Å². The van der Waals surface area contributed by atoms with Crippen LogP contribution >= 0.6 is 7.82 Å². The first kappa shape index (κ1) is 28.0. The van der Waals surface area contributed by atoms with Crippen LogP contribution in [0, 0.1) is 10.8 Å². The molecule has 0 spiro atoms. The Bertz CT molecular complexity index is 641. The van der Waals surface area contributed by atoms with Gasteiger partial charge in [0, 0.05) is 0 Å². The summed E-state index contributed by atoms with van der Waals surface area (Å²) in [6.07, 6.45) is -3.06. The first-order chi connectivity index (χ1) is 13.9. The number of esters is 2. The Morgan fingerprint density at radius 3 is 1.71 bits per heavy atom. The summed E-state index contributed by atoms with van der Waals surface area (Å²) < 4.78 is 43.4. The van der Waals surface area contributed by atoms with Crippen LogP contribution in [0.25, 0.3) is 0 Å². The third kappa shape index (κ3) is 8.09. The number of hydrogen-bond acceptors (Lipinski definition) is 11. The van der Waals surface area contributed by atoms with Gasteiger partial charge in [0.25, 0.3) is 0 Å². The quantitative estimate of drug-likeness (QED) is 0.290. The molecular weight excluding hydrogens is 435 g/mol. The van der Waals surface area contributed by atoms with Crippen molar-refractivity contribution in [3.05, 3.63) is 0 Å². The smallest absolute Gasteiger partial charge is 0.437 e. The third-order valence-electron chi connectivity index (χ3n) is 4.58. The molecule has 31 heavy (non-hydrogen) atoms. The van der Waals surface area contributed by atoms with E-state index in [0.29, 0.717) is 0 Å². The molecule has 0 radical (unpaired) electrons. The van der Waals surface area contributed by atoms with Crippen molar-refractivity contribution in [2.24, 2.45) is 10.8 Å². The molecular formula is C19H35O11P. The summed E-state index contributed by atoms with van der Waals surface area (Å²) in [5.41, 5.74) is -3.17. The van der Waals surface area contributed by atoms with Gasteiger partial charge in [0.2, 0.25) is 13.6 Å². The molecule has 1 unspecified atom stereocenters.